The molecular formula is C18H15ClN2O3. The molecule has 0 saturated heterocycles. The Labute approximate surface area is 143 Å². The van der Waals surface area contributed by atoms with Crippen LogP contribution in [0.4, 0.5) is 5.82 Å². The molecule has 0 aliphatic rings. The lowest BCUT2D eigenvalue weighted by Crippen LogP contribution is -2.18. The minimum absolute atomic E-state index is 0.0270. The van der Waals surface area contributed by atoms with Crippen LogP contribution in [0.3, 0.4) is 0 Å². The fourth-order valence-corrected chi connectivity index (χ4v) is 2.69. The first kappa shape index (κ1) is 16.2. The molecule has 0 unspecified atom stereocenters. The summed E-state index contributed by atoms with van der Waals surface area (Å²) in [6.07, 6.45) is 0. The number of fused-ring (bicyclic) bond motifs is 1. The summed E-state index contributed by atoms with van der Waals surface area (Å²) in [6, 6.07) is 15.5. The number of pyridine rings is 1. The highest BCUT2D eigenvalue weighted by Crippen LogP contribution is 2.26. The number of nitrogens with zero attached hydrogens (tertiary/aromatic N) is 1. The molecule has 1 heterocycles. The molecule has 0 fully saturated rings. The van der Waals surface area contributed by atoms with Gasteiger partial charge in [-0.2, -0.15) is 0 Å². The van der Waals surface area contributed by atoms with Gasteiger partial charge in [0.05, 0.1) is 18.2 Å². The average molecular weight is 343 g/mol. The highest BCUT2D eigenvalue weighted by molar-refractivity contribution is 6.31. The van der Waals surface area contributed by atoms with E-state index < -0.39 is 12.0 Å². The molecule has 2 aromatic carbocycles. The number of aliphatic hydroxyl groups is 1. The number of nitrogens with one attached hydrogen (secondary N) is 1. The van der Waals surface area contributed by atoms with Gasteiger partial charge in [-0.05, 0) is 29.8 Å². The van der Waals surface area contributed by atoms with Crippen LogP contribution in [0.5, 0.6) is 0 Å². The maximum Gasteiger partial charge on any atom is 0.339 e. The van der Waals surface area contributed by atoms with Gasteiger partial charge in [0.25, 0.3) is 0 Å². The Bertz CT molecular complexity index is 884. The first-order valence-electron chi connectivity index (χ1n) is 7.34. The van der Waals surface area contributed by atoms with Crippen molar-refractivity contribution in [3.63, 3.8) is 0 Å². The van der Waals surface area contributed by atoms with Gasteiger partial charge in [0.1, 0.15) is 11.4 Å². The summed E-state index contributed by atoms with van der Waals surface area (Å²) < 4.78 is 0. The van der Waals surface area contributed by atoms with Crippen LogP contribution in [0.25, 0.3) is 10.9 Å². The third-order valence-corrected chi connectivity index (χ3v) is 3.94. The summed E-state index contributed by atoms with van der Waals surface area (Å²) in [4.78, 5) is 16.0. The van der Waals surface area contributed by atoms with Crippen molar-refractivity contribution >= 4 is 34.3 Å². The molecule has 3 rings (SSSR count). The van der Waals surface area contributed by atoms with Crippen molar-refractivity contribution in [1.29, 1.82) is 0 Å². The monoisotopic (exact) mass is 342 g/mol. The summed E-state index contributed by atoms with van der Waals surface area (Å²) >= 11 is 5.95. The van der Waals surface area contributed by atoms with Crippen molar-refractivity contribution in [3.05, 3.63) is 70.7 Å². The molecule has 6 heteroatoms. The standard InChI is InChI=1S/C18H15ClN2O3/c19-13-6-7-15-12(8-13)9-14(18(23)24)17(20-15)21-16(10-22)11-4-2-1-3-5-11/h1-9,16,22H,10H2,(H,20,21)(H,23,24)/t16-/m1/s1. The van der Waals surface area contributed by atoms with E-state index in [1.165, 1.54) is 6.07 Å². The number of aliphatic hydroxyl groups excluding tert-OH is 1. The van der Waals surface area contributed by atoms with E-state index in [9.17, 15) is 15.0 Å². The second-order valence-electron chi connectivity index (χ2n) is 5.32. The van der Waals surface area contributed by atoms with Gasteiger partial charge in [-0.1, -0.05) is 41.9 Å². The molecule has 1 atom stereocenters. The molecule has 0 spiro atoms. The Morgan fingerprint density at radius 1 is 1.17 bits per heavy atom. The van der Waals surface area contributed by atoms with Crippen molar-refractivity contribution in [2.45, 2.75) is 6.04 Å². The van der Waals surface area contributed by atoms with E-state index in [1.807, 2.05) is 30.3 Å². The van der Waals surface area contributed by atoms with Crippen molar-refractivity contribution in [3.8, 4) is 0 Å². The zero-order chi connectivity index (χ0) is 17.1. The number of aromatic nitrogens is 1. The fourth-order valence-electron chi connectivity index (χ4n) is 2.51. The van der Waals surface area contributed by atoms with Gasteiger partial charge < -0.3 is 15.5 Å². The van der Waals surface area contributed by atoms with Crippen LogP contribution in [-0.2, 0) is 0 Å². The van der Waals surface area contributed by atoms with Crippen LogP contribution in [0.15, 0.2) is 54.6 Å². The Kier molecular flexibility index (Phi) is 4.64. The average Bonchev–Trinajstić information content (AvgIpc) is 2.59. The second-order valence-corrected chi connectivity index (χ2v) is 5.75. The first-order chi connectivity index (χ1) is 11.6. The van der Waals surface area contributed by atoms with Crippen LogP contribution >= 0.6 is 11.6 Å². The molecule has 122 valence electrons. The second kappa shape index (κ2) is 6.86. The predicted molar refractivity (Wildman–Crippen MR) is 93.6 cm³/mol. The number of rotatable bonds is 5. The maximum atomic E-state index is 11.6. The Morgan fingerprint density at radius 3 is 2.58 bits per heavy atom. The molecular weight excluding hydrogens is 328 g/mol. The molecule has 0 aliphatic heterocycles. The molecule has 5 nitrogen and oxygen atoms in total. The fraction of sp³-hybridized carbons (Fsp3) is 0.111. The number of benzene rings is 2. The van der Waals surface area contributed by atoms with Crippen molar-refractivity contribution in [2.75, 3.05) is 11.9 Å². The lowest BCUT2D eigenvalue weighted by Gasteiger charge is -2.19. The molecule has 3 N–H and O–H groups in total. The third kappa shape index (κ3) is 3.32. The topological polar surface area (TPSA) is 82.5 Å². The Balaban J connectivity index is 2.05. The number of carboxylic acids is 1. The van der Waals surface area contributed by atoms with E-state index in [4.69, 9.17) is 11.6 Å². The highest BCUT2D eigenvalue weighted by Gasteiger charge is 2.18. The minimum atomic E-state index is -1.10. The summed E-state index contributed by atoms with van der Waals surface area (Å²) in [5, 5.41) is 23.3. The smallest absolute Gasteiger partial charge is 0.339 e. The number of carbonyl (C=O) groups is 1. The zero-order valence-corrected chi connectivity index (χ0v) is 13.4. The predicted octanol–water partition coefficient (Wildman–Crippen LogP) is 3.73. The third-order valence-electron chi connectivity index (χ3n) is 3.70. The molecule has 3 aromatic rings. The van der Waals surface area contributed by atoms with Crippen LogP contribution in [-0.4, -0.2) is 27.8 Å². The molecule has 0 amide bonds. The first-order valence-corrected chi connectivity index (χ1v) is 7.72. The van der Waals surface area contributed by atoms with Gasteiger partial charge in [0.2, 0.25) is 0 Å². The summed E-state index contributed by atoms with van der Waals surface area (Å²) in [5.41, 5.74) is 1.49. The number of hydrogen-bond donors (Lipinski definition) is 3. The molecule has 0 radical (unpaired) electrons. The van der Waals surface area contributed by atoms with E-state index in [2.05, 4.69) is 10.3 Å². The van der Waals surface area contributed by atoms with Crippen LogP contribution < -0.4 is 5.32 Å². The van der Waals surface area contributed by atoms with Gasteiger partial charge in [-0.25, -0.2) is 9.78 Å². The maximum absolute atomic E-state index is 11.6. The van der Waals surface area contributed by atoms with E-state index in [1.54, 1.807) is 18.2 Å². The lowest BCUT2D eigenvalue weighted by molar-refractivity contribution is 0.0697. The summed E-state index contributed by atoms with van der Waals surface area (Å²) in [6.45, 7) is -0.191. The number of halogens is 1. The summed E-state index contributed by atoms with van der Waals surface area (Å²) in [7, 11) is 0. The minimum Gasteiger partial charge on any atom is -0.478 e. The molecule has 0 saturated carbocycles. The zero-order valence-electron chi connectivity index (χ0n) is 12.6. The van der Waals surface area contributed by atoms with E-state index >= 15 is 0 Å². The van der Waals surface area contributed by atoms with Crippen LogP contribution in [0, 0.1) is 0 Å². The molecule has 24 heavy (non-hydrogen) atoms. The van der Waals surface area contributed by atoms with E-state index in [0.717, 1.165) is 5.56 Å². The molecule has 0 aliphatic carbocycles. The normalized spacial score (nSPS) is 12.1. The number of carboxylic acid groups (broad SMARTS) is 1. The number of anilines is 1. The van der Waals surface area contributed by atoms with Crippen LogP contribution in [0.2, 0.25) is 5.02 Å². The highest BCUT2D eigenvalue weighted by atomic mass is 35.5. The Hall–Kier alpha value is -2.63. The quantitative estimate of drug-likeness (QED) is 0.658. The molecule has 1 aromatic heterocycles. The Morgan fingerprint density at radius 2 is 1.92 bits per heavy atom. The van der Waals surface area contributed by atoms with Crippen molar-refractivity contribution in [1.82, 2.24) is 4.98 Å². The van der Waals surface area contributed by atoms with Crippen LogP contribution in [0.1, 0.15) is 22.0 Å². The van der Waals surface area contributed by atoms with Gasteiger partial charge in [-0.3, -0.25) is 0 Å². The van der Waals surface area contributed by atoms with Gasteiger partial charge >= 0.3 is 5.97 Å². The van der Waals surface area contributed by atoms with E-state index in [-0.39, 0.29) is 18.0 Å². The lowest BCUT2D eigenvalue weighted by atomic mass is 10.1. The van der Waals surface area contributed by atoms with Crippen molar-refractivity contribution < 1.29 is 15.0 Å². The van der Waals surface area contributed by atoms with Crippen molar-refractivity contribution in [2.24, 2.45) is 0 Å². The number of aromatic carboxylic acids is 1. The largest absolute Gasteiger partial charge is 0.478 e. The summed E-state index contributed by atoms with van der Waals surface area (Å²) in [5.74, 6) is -0.892. The van der Waals surface area contributed by atoms with Gasteiger partial charge in [0.15, 0.2) is 0 Å². The number of hydrogen-bond acceptors (Lipinski definition) is 4. The molecule has 0 bridgehead atoms. The van der Waals surface area contributed by atoms with Gasteiger partial charge in [0, 0.05) is 10.4 Å². The SMILES string of the molecule is O=C(O)c1cc2cc(Cl)ccc2nc1N[C@H](CO)c1ccccc1. The van der Waals surface area contributed by atoms with E-state index in [0.29, 0.717) is 15.9 Å². The van der Waals surface area contributed by atoms with Gasteiger partial charge in [-0.15, -0.1) is 0 Å².